The predicted octanol–water partition coefficient (Wildman–Crippen LogP) is 5.76. The highest BCUT2D eigenvalue weighted by Crippen LogP contribution is 2.40. The van der Waals surface area contributed by atoms with E-state index >= 15 is 0 Å². The Labute approximate surface area is 137 Å². The molecule has 2 nitrogen and oxygen atoms in total. The molecule has 2 aromatic rings. The van der Waals surface area contributed by atoms with Crippen LogP contribution in [0.2, 0.25) is 10.0 Å². The molecule has 0 N–H and O–H groups in total. The third kappa shape index (κ3) is 3.09. The van der Waals surface area contributed by atoms with Crippen molar-refractivity contribution in [2.24, 2.45) is 7.05 Å². The second kappa shape index (κ2) is 6.10. The summed E-state index contributed by atoms with van der Waals surface area (Å²) in [5.41, 5.74) is -0.221. The highest BCUT2D eigenvalue weighted by Gasteiger charge is 2.39. The lowest BCUT2D eigenvalue weighted by Crippen LogP contribution is -2.12. The number of nitrogens with zero attached hydrogens (tertiary/aromatic N) is 2. The molecule has 1 aromatic carbocycles. The minimum Gasteiger partial charge on any atom is -0.262 e. The molecule has 0 atom stereocenters. The summed E-state index contributed by atoms with van der Waals surface area (Å²) < 4.78 is 53.3. The zero-order valence-corrected chi connectivity index (χ0v) is 13.1. The first kappa shape index (κ1) is 17.1. The van der Waals surface area contributed by atoms with Gasteiger partial charge in [-0.05, 0) is 23.8 Å². The van der Waals surface area contributed by atoms with Crippen molar-refractivity contribution < 1.29 is 17.6 Å². The maximum atomic E-state index is 14.0. The van der Waals surface area contributed by atoms with Gasteiger partial charge in [0, 0.05) is 18.1 Å². The van der Waals surface area contributed by atoms with Gasteiger partial charge >= 0.3 is 6.18 Å². The summed E-state index contributed by atoms with van der Waals surface area (Å²) in [5.74, 6) is -0.842. The maximum Gasteiger partial charge on any atom is 0.434 e. The van der Waals surface area contributed by atoms with E-state index in [0.717, 1.165) is 18.6 Å². The number of alkyl halides is 3. The standard InChI is InChI=1S/C13H7Cl3F4N2/c1-22-12(13(18,19)20)10(16)11(21-22)7-4-6(2-3-14)8(15)5-9(7)17/h2-5H,1H3. The predicted molar refractivity (Wildman–Crippen MR) is 78.5 cm³/mol. The van der Waals surface area contributed by atoms with E-state index in [1.165, 1.54) is 12.1 Å². The largest absolute Gasteiger partial charge is 0.434 e. The van der Waals surface area contributed by atoms with Crippen LogP contribution in [-0.4, -0.2) is 9.78 Å². The van der Waals surface area contributed by atoms with Crippen molar-refractivity contribution >= 4 is 40.9 Å². The van der Waals surface area contributed by atoms with E-state index in [1.54, 1.807) is 0 Å². The first-order valence-electron chi connectivity index (χ1n) is 5.72. The molecule has 2 rings (SSSR count). The minimum atomic E-state index is -4.71. The molecule has 0 radical (unpaired) electrons. The Balaban J connectivity index is 2.70. The van der Waals surface area contributed by atoms with Crippen LogP contribution in [0.3, 0.4) is 0 Å². The fourth-order valence-electron chi connectivity index (χ4n) is 1.92. The number of halogens is 7. The summed E-state index contributed by atoms with van der Waals surface area (Å²) in [6.07, 6.45) is -3.34. The van der Waals surface area contributed by atoms with Gasteiger partial charge in [0.15, 0.2) is 5.69 Å². The van der Waals surface area contributed by atoms with Gasteiger partial charge in [-0.2, -0.15) is 18.3 Å². The van der Waals surface area contributed by atoms with Crippen molar-refractivity contribution in [2.75, 3.05) is 0 Å². The van der Waals surface area contributed by atoms with Crippen molar-refractivity contribution in [1.29, 1.82) is 0 Å². The van der Waals surface area contributed by atoms with Crippen LogP contribution in [0.4, 0.5) is 17.6 Å². The molecular weight excluding hydrogens is 367 g/mol. The lowest BCUT2D eigenvalue weighted by molar-refractivity contribution is -0.143. The minimum absolute atomic E-state index is 0.0567. The summed E-state index contributed by atoms with van der Waals surface area (Å²) in [6, 6.07) is 2.19. The zero-order chi connectivity index (χ0) is 16.7. The molecule has 1 heterocycles. The van der Waals surface area contributed by atoms with Crippen LogP contribution in [0.1, 0.15) is 11.3 Å². The van der Waals surface area contributed by atoms with Crippen molar-refractivity contribution in [3.8, 4) is 11.3 Å². The molecule has 0 unspecified atom stereocenters. The van der Waals surface area contributed by atoms with Crippen LogP contribution in [0, 0.1) is 5.82 Å². The van der Waals surface area contributed by atoms with E-state index in [0.29, 0.717) is 10.2 Å². The summed E-state index contributed by atoms with van der Waals surface area (Å²) in [4.78, 5) is 0. The highest BCUT2D eigenvalue weighted by atomic mass is 35.5. The molecule has 0 spiro atoms. The summed E-state index contributed by atoms with van der Waals surface area (Å²) in [5, 5.41) is 3.04. The fourth-order valence-corrected chi connectivity index (χ4v) is 2.64. The van der Waals surface area contributed by atoms with Gasteiger partial charge in [0.05, 0.1) is 10.0 Å². The van der Waals surface area contributed by atoms with Crippen LogP contribution in [0.5, 0.6) is 0 Å². The van der Waals surface area contributed by atoms with Gasteiger partial charge in [0.1, 0.15) is 11.5 Å². The molecule has 0 saturated carbocycles. The van der Waals surface area contributed by atoms with Gasteiger partial charge in [-0.1, -0.05) is 34.8 Å². The molecule has 0 aliphatic heterocycles. The molecule has 0 saturated heterocycles. The van der Waals surface area contributed by atoms with Gasteiger partial charge in [0.2, 0.25) is 0 Å². The number of benzene rings is 1. The van der Waals surface area contributed by atoms with Crippen molar-refractivity contribution in [1.82, 2.24) is 9.78 Å². The second-order valence-electron chi connectivity index (χ2n) is 4.28. The Morgan fingerprint density at radius 3 is 2.36 bits per heavy atom. The Hall–Kier alpha value is -1.24. The normalized spacial score (nSPS) is 12.4. The summed E-state index contributed by atoms with van der Waals surface area (Å²) >= 11 is 17.0. The smallest absolute Gasteiger partial charge is 0.262 e. The van der Waals surface area contributed by atoms with Crippen LogP contribution in [-0.2, 0) is 13.2 Å². The first-order valence-corrected chi connectivity index (χ1v) is 6.92. The van der Waals surface area contributed by atoms with E-state index in [1.807, 2.05) is 0 Å². The molecule has 9 heteroatoms. The van der Waals surface area contributed by atoms with E-state index < -0.39 is 22.7 Å². The lowest BCUT2D eigenvalue weighted by atomic mass is 10.1. The molecule has 22 heavy (non-hydrogen) atoms. The molecule has 0 bridgehead atoms. The number of hydrogen-bond donors (Lipinski definition) is 0. The van der Waals surface area contributed by atoms with Crippen molar-refractivity contribution in [2.45, 2.75) is 6.18 Å². The Morgan fingerprint density at radius 1 is 1.23 bits per heavy atom. The molecule has 0 aliphatic carbocycles. The topological polar surface area (TPSA) is 17.8 Å². The maximum absolute atomic E-state index is 14.0. The van der Waals surface area contributed by atoms with Crippen LogP contribution in [0.15, 0.2) is 17.7 Å². The SMILES string of the molecule is Cn1nc(-c2cc(C=CCl)c(Cl)cc2F)c(Cl)c1C(F)(F)F. The van der Waals surface area contributed by atoms with E-state index in [2.05, 4.69) is 5.10 Å². The van der Waals surface area contributed by atoms with E-state index in [-0.39, 0.29) is 16.3 Å². The third-order valence-electron chi connectivity index (χ3n) is 2.84. The fraction of sp³-hybridized carbons (Fsp3) is 0.154. The van der Waals surface area contributed by atoms with Crippen molar-refractivity contribution in [3.63, 3.8) is 0 Å². The van der Waals surface area contributed by atoms with Gasteiger partial charge in [-0.25, -0.2) is 4.39 Å². The number of aromatic nitrogens is 2. The number of hydrogen-bond acceptors (Lipinski definition) is 1. The first-order chi connectivity index (χ1) is 10.2. The lowest BCUT2D eigenvalue weighted by Gasteiger charge is -2.07. The average molecular weight is 374 g/mol. The Bertz CT molecular complexity index is 751. The molecule has 0 aliphatic rings. The van der Waals surface area contributed by atoms with Gasteiger partial charge in [0.25, 0.3) is 0 Å². The number of rotatable bonds is 2. The second-order valence-corrected chi connectivity index (χ2v) is 5.32. The molecule has 118 valence electrons. The van der Waals surface area contributed by atoms with E-state index in [9.17, 15) is 17.6 Å². The molecule has 0 fully saturated rings. The monoisotopic (exact) mass is 372 g/mol. The molecule has 0 amide bonds. The Kier molecular flexibility index (Phi) is 4.75. The van der Waals surface area contributed by atoms with Gasteiger partial charge < -0.3 is 0 Å². The zero-order valence-electron chi connectivity index (χ0n) is 10.8. The summed E-state index contributed by atoms with van der Waals surface area (Å²) in [7, 11) is 1.08. The Morgan fingerprint density at radius 2 is 1.86 bits per heavy atom. The average Bonchev–Trinajstić information content (AvgIpc) is 2.67. The van der Waals surface area contributed by atoms with Crippen LogP contribution >= 0.6 is 34.8 Å². The van der Waals surface area contributed by atoms with Crippen LogP contribution < -0.4 is 0 Å². The van der Waals surface area contributed by atoms with Gasteiger partial charge in [-0.15, -0.1) is 0 Å². The quantitative estimate of drug-likeness (QED) is 0.612. The molecular formula is C13H7Cl3F4N2. The van der Waals surface area contributed by atoms with Crippen LogP contribution in [0.25, 0.3) is 17.3 Å². The molecule has 1 aromatic heterocycles. The third-order valence-corrected chi connectivity index (χ3v) is 3.65. The summed E-state index contributed by atoms with van der Waals surface area (Å²) in [6.45, 7) is 0. The van der Waals surface area contributed by atoms with E-state index in [4.69, 9.17) is 34.8 Å². The highest BCUT2D eigenvalue weighted by molar-refractivity contribution is 6.34. The van der Waals surface area contributed by atoms with Gasteiger partial charge in [-0.3, -0.25) is 4.68 Å². The number of aryl methyl sites for hydroxylation is 1. The van der Waals surface area contributed by atoms with Crippen molar-refractivity contribution in [3.05, 3.63) is 44.8 Å².